The number of ether oxygens (including phenoxy) is 2. The van der Waals surface area contributed by atoms with Gasteiger partial charge in [-0.15, -0.1) is 0 Å². The van der Waals surface area contributed by atoms with E-state index in [1.807, 2.05) is 13.8 Å². The molecule has 40 heavy (non-hydrogen) atoms. The number of nitrogens with zero attached hydrogens (tertiary/aromatic N) is 2. The molecule has 4 heterocycles. The molecule has 14 heteroatoms. The molecule has 2 aromatic carbocycles. The van der Waals surface area contributed by atoms with E-state index in [1.165, 1.54) is 34.1 Å². The summed E-state index contributed by atoms with van der Waals surface area (Å²) in [5, 5.41) is 0. The van der Waals surface area contributed by atoms with Gasteiger partial charge in [0.2, 0.25) is 0 Å². The van der Waals surface area contributed by atoms with Crippen LogP contribution in [0.3, 0.4) is 0 Å². The van der Waals surface area contributed by atoms with Gasteiger partial charge in [-0.25, -0.2) is 9.59 Å². The van der Waals surface area contributed by atoms with Crippen molar-refractivity contribution in [1.29, 1.82) is 0 Å². The van der Waals surface area contributed by atoms with Gasteiger partial charge in [0.15, 0.2) is 0 Å². The Morgan fingerprint density at radius 2 is 1.40 bits per heavy atom. The fourth-order valence-electron chi connectivity index (χ4n) is 5.01. The number of amides is 2. The second kappa shape index (κ2) is 11.0. The van der Waals surface area contributed by atoms with Gasteiger partial charge in [0.05, 0.1) is 47.7 Å². The first-order chi connectivity index (χ1) is 18.9. The minimum atomic E-state index is -3.79. The van der Waals surface area contributed by atoms with Gasteiger partial charge < -0.3 is 9.47 Å². The molecule has 216 valence electrons. The van der Waals surface area contributed by atoms with Crippen LogP contribution in [0.5, 0.6) is 0 Å². The van der Waals surface area contributed by atoms with Crippen LogP contribution in [0.2, 0.25) is 0 Å². The Bertz CT molecular complexity index is 1470. The van der Waals surface area contributed by atoms with E-state index in [0.717, 1.165) is 11.1 Å². The van der Waals surface area contributed by atoms with Crippen LogP contribution in [-0.4, -0.2) is 89.4 Å². The normalized spacial score (nSPS) is 25.4. The van der Waals surface area contributed by atoms with Crippen LogP contribution < -0.4 is 0 Å². The molecule has 0 aliphatic carbocycles. The molecule has 4 fully saturated rings. The first kappa shape index (κ1) is 28.3. The number of cyclic esters (lactones) is 1. The zero-order valence-corrected chi connectivity index (χ0v) is 23.6. The van der Waals surface area contributed by atoms with Crippen molar-refractivity contribution in [3.05, 3.63) is 59.7 Å². The second-order valence-corrected chi connectivity index (χ2v) is 13.4. The van der Waals surface area contributed by atoms with E-state index in [0.29, 0.717) is 26.0 Å². The van der Waals surface area contributed by atoms with Gasteiger partial charge in [-0.1, -0.05) is 35.4 Å². The average Bonchev–Trinajstić information content (AvgIpc) is 3.66. The number of fused-ring (bicyclic) bond motifs is 3. The Balaban J connectivity index is 0.000000161. The third kappa shape index (κ3) is 6.09. The molecule has 0 saturated carbocycles. The Labute approximate surface area is 233 Å². The van der Waals surface area contributed by atoms with Crippen LogP contribution in [0.15, 0.2) is 58.3 Å². The number of hydrogen-bond donors (Lipinski definition) is 0. The van der Waals surface area contributed by atoms with E-state index in [4.69, 9.17) is 17.8 Å². The van der Waals surface area contributed by atoms with Crippen molar-refractivity contribution in [1.82, 2.24) is 9.80 Å². The highest BCUT2D eigenvalue weighted by Gasteiger charge is 2.45. The zero-order valence-electron chi connectivity index (χ0n) is 22.0. The van der Waals surface area contributed by atoms with Crippen molar-refractivity contribution in [3.8, 4) is 0 Å². The maximum Gasteiger partial charge on any atom is 0.410 e. The SMILES string of the molecule is Cc1ccc(S(=O)(=O)OC2CC3COC(=O)N3C2)cc1.Cc1ccc(S(=O)(=O)OCC2CC3CN2C(=O)O3)cc1. The molecule has 0 aromatic heterocycles. The lowest BCUT2D eigenvalue weighted by atomic mass is 10.2. The summed E-state index contributed by atoms with van der Waals surface area (Å²) in [5.41, 5.74) is 1.96. The van der Waals surface area contributed by atoms with Crippen molar-refractivity contribution < 1.29 is 44.3 Å². The molecule has 2 bridgehead atoms. The standard InChI is InChI=1S/2C13H15NO5S/c1-9-2-4-12(5-3-9)20(16,17)18-8-10-6-11-7-14(10)13(15)19-11;1-9-2-4-12(5-3-9)20(16,17)19-11-6-10-8-18-13(15)14(10)7-11/h2*2-5,10-11H,6-8H2,1H3. The van der Waals surface area contributed by atoms with Gasteiger partial charge in [-0.05, 0) is 38.1 Å². The number of carbonyl (C=O) groups is 2. The maximum absolute atomic E-state index is 12.1. The highest BCUT2D eigenvalue weighted by molar-refractivity contribution is 7.87. The van der Waals surface area contributed by atoms with Crippen molar-refractivity contribution in [2.24, 2.45) is 0 Å². The monoisotopic (exact) mass is 594 g/mol. The number of benzene rings is 2. The lowest BCUT2D eigenvalue weighted by molar-refractivity contribution is 0.0805. The fraction of sp³-hybridized carbons (Fsp3) is 0.462. The quantitative estimate of drug-likeness (QED) is 0.439. The van der Waals surface area contributed by atoms with E-state index in [-0.39, 0.29) is 47.2 Å². The average molecular weight is 595 g/mol. The summed E-state index contributed by atoms with van der Waals surface area (Å²) >= 11 is 0. The summed E-state index contributed by atoms with van der Waals surface area (Å²) in [4.78, 5) is 26.1. The second-order valence-electron chi connectivity index (χ2n) is 10.2. The van der Waals surface area contributed by atoms with Crippen molar-refractivity contribution in [2.45, 2.75) is 60.8 Å². The van der Waals surface area contributed by atoms with E-state index in [2.05, 4.69) is 0 Å². The molecule has 6 rings (SSSR count). The topological polar surface area (TPSA) is 146 Å². The molecule has 4 saturated heterocycles. The third-order valence-electron chi connectivity index (χ3n) is 7.19. The molecule has 2 aromatic rings. The summed E-state index contributed by atoms with van der Waals surface area (Å²) in [6, 6.07) is 12.7. The van der Waals surface area contributed by atoms with E-state index in [1.54, 1.807) is 24.3 Å². The van der Waals surface area contributed by atoms with E-state index < -0.39 is 32.4 Å². The maximum atomic E-state index is 12.1. The van der Waals surface area contributed by atoms with Crippen LogP contribution in [0.1, 0.15) is 24.0 Å². The van der Waals surface area contributed by atoms with Crippen LogP contribution in [0.25, 0.3) is 0 Å². The third-order valence-corrected chi connectivity index (χ3v) is 9.86. The van der Waals surface area contributed by atoms with Crippen LogP contribution in [0.4, 0.5) is 9.59 Å². The smallest absolute Gasteiger partial charge is 0.410 e. The Kier molecular flexibility index (Phi) is 7.79. The minimum absolute atomic E-state index is 0.0260. The van der Waals surface area contributed by atoms with Gasteiger partial charge >= 0.3 is 12.2 Å². The van der Waals surface area contributed by atoms with Crippen molar-refractivity contribution in [3.63, 3.8) is 0 Å². The van der Waals surface area contributed by atoms with E-state index in [9.17, 15) is 26.4 Å². The molecular weight excluding hydrogens is 564 g/mol. The molecule has 4 unspecified atom stereocenters. The van der Waals surface area contributed by atoms with E-state index >= 15 is 0 Å². The number of aryl methyl sites for hydroxylation is 2. The first-order valence-corrected chi connectivity index (χ1v) is 15.6. The Morgan fingerprint density at radius 1 is 0.800 bits per heavy atom. The molecule has 0 N–H and O–H groups in total. The zero-order chi connectivity index (χ0) is 28.7. The van der Waals surface area contributed by atoms with Gasteiger partial charge in [0.1, 0.15) is 12.7 Å². The Morgan fingerprint density at radius 3 is 1.95 bits per heavy atom. The highest BCUT2D eigenvalue weighted by atomic mass is 32.2. The number of hydrogen-bond acceptors (Lipinski definition) is 10. The summed E-state index contributed by atoms with van der Waals surface area (Å²) in [6.07, 6.45) is -0.305. The van der Waals surface area contributed by atoms with Crippen LogP contribution in [0, 0.1) is 13.8 Å². The van der Waals surface area contributed by atoms with Gasteiger partial charge in [-0.3, -0.25) is 18.2 Å². The largest absolute Gasteiger partial charge is 0.447 e. The summed E-state index contributed by atoms with van der Waals surface area (Å²) in [5.74, 6) is 0. The first-order valence-electron chi connectivity index (χ1n) is 12.8. The molecule has 2 amide bonds. The predicted molar refractivity (Wildman–Crippen MR) is 139 cm³/mol. The summed E-state index contributed by atoms with van der Waals surface area (Å²) < 4.78 is 68.5. The summed E-state index contributed by atoms with van der Waals surface area (Å²) in [7, 11) is -7.57. The molecule has 12 nitrogen and oxygen atoms in total. The molecule has 4 aliphatic heterocycles. The predicted octanol–water partition coefficient (Wildman–Crippen LogP) is 2.59. The van der Waals surface area contributed by atoms with Crippen LogP contribution in [-0.2, 0) is 38.1 Å². The number of carbonyl (C=O) groups excluding carboxylic acids is 2. The summed E-state index contributed by atoms with van der Waals surface area (Å²) in [6.45, 7) is 4.83. The molecule has 0 radical (unpaired) electrons. The lowest BCUT2D eigenvalue weighted by Gasteiger charge is -2.23. The van der Waals surface area contributed by atoms with Crippen molar-refractivity contribution in [2.75, 3.05) is 26.3 Å². The molecule has 4 aliphatic rings. The van der Waals surface area contributed by atoms with Crippen LogP contribution >= 0.6 is 0 Å². The Hall–Kier alpha value is -3.20. The molecule has 0 spiro atoms. The highest BCUT2D eigenvalue weighted by Crippen LogP contribution is 2.30. The van der Waals surface area contributed by atoms with Gasteiger partial charge in [-0.2, -0.15) is 16.8 Å². The molecule has 4 atom stereocenters. The molecular formula is C26H30N2O10S2. The van der Waals surface area contributed by atoms with Crippen molar-refractivity contribution >= 4 is 32.4 Å². The fourth-order valence-corrected chi connectivity index (χ4v) is 7.03. The number of rotatable bonds is 7. The lowest BCUT2D eigenvalue weighted by Crippen LogP contribution is -2.38. The van der Waals surface area contributed by atoms with Gasteiger partial charge in [0.25, 0.3) is 20.2 Å². The van der Waals surface area contributed by atoms with Gasteiger partial charge in [0, 0.05) is 12.8 Å². The minimum Gasteiger partial charge on any atom is -0.447 e.